The summed E-state index contributed by atoms with van der Waals surface area (Å²) in [6.45, 7) is 8.73. The van der Waals surface area contributed by atoms with Gasteiger partial charge in [-0.25, -0.2) is 0 Å². The molecule has 3 nitrogen and oxygen atoms in total. The Morgan fingerprint density at radius 3 is 2.90 bits per heavy atom. The van der Waals surface area contributed by atoms with E-state index >= 15 is 0 Å². The maximum Gasteiger partial charge on any atom is 0.199 e. The third kappa shape index (κ3) is 2.98. The summed E-state index contributed by atoms with van der Waals surface area (Å²) in [5.74, 6) is 1.64. The van der Waals surface area contributed by atoms with E-state index in [1.54, 1.807) is 0 Å². The van der Waals surface area contributed by atoms with Crippen molar-refractivity contribution < 1.29 is 14.2 Å². The van der Waals surface area contributed by atoms with Crippen LogP contribution in [0.15, 0.2) is 36.4 Å². The van der Waals surface area contributed by atoms with E-state index in [1.165, 1.54) is 0 Å². The molecule has 2 aliphatic heterocycles. The Kier molecular flexibility index (Phi) is 3.77. The highest BCUT2D eigenvalue weighted by molar-refractivity contribution is 5.67. The van der Waals surface area contributed by atoms with E-state index in [-0.39, 0.29) is 11.9 Å². The van der Waals surface area contributed by atoms with Gasteiger partial charge in [0, 0.05) is 18.1 Å². The van der Waals surface area contributed by atoms with Crippen molar-refractivity contribution in [3.63, 3.8) is 0 Å². The number of hydrogen-bond donors (Lipinski definition) is 0. The van der Waals surface area contributed by atoms with Crippen molar-refractivity contribution in [1.29, 1.82) is 0 Å². The fourth-order valence-electron chi connectivity index (χ4n) is 2.73. The number of rotatable bonds is 3. The topological polar surface area (TPSA) is 27.7 Å². The molecule has 2 heterocycles. The number of fused-ring (bicyclic) bond motifs is 1. The average Bonchev–Trinajstić information content (AvgIpc) is 2.46. The predicted molar refractivity (Wildman–Crippen MR) is 83.5 cm³/mol. The van der Waals surface area contributed by atoms with Crippen LogP contribution in [0.4, 0.5) is 0 Å². The van der Waals surface area contributed by atoms with E-state index in [0.29, 0.717) is 0 Å². The molecular formula is C18H22O3. The molecule has 0 aromatic heterocycles. The molecule has 21 heavy (non-hydrogen) atoms. The third-order valence-corrected chi connectivity index (χ3v) is 3.98. The largest absolute Gasteiger partial charge is 0.482 e. The summed E-state index contributed by atoms with van der Waals surface area (Å²) >= 11 is 0. The molecule has 3 heteroatoms. The van der Waals surface area contributed by atoms with E-state index in [0.717, 1.165) is 48.5 Å². The summed E-state index contributed by atoms with van der Waals surface area (Å²) in [6, 6.07) is 5.94. The van der Waals surface area contributed by atoms with Crippen molar-refractivity contribution in [2.45, 2.75) is 45.0 Å². The van der Waals surface area contributed by atoms with Gasteiger partial charge in [0.15, 0.2) is 6.29 Å². The Morgan fingerprint density at radius 1 is 1.33 bits per heavy atom. The minimum absolute atomic E-state index is 0.132. The highest BCUT2D eigenvalue weighted by Crippen LogP contribution is 2.38. The van der Waals surface area contributed by atoms with Crippen LogP contribution in [0.1, 0.15) is 38.7 Å². The van der Waals surface area contributed by atoms with Crippen molar-refractivity contribution in [2.75, 3.05) is 6.61 Å². The molecular weight excluding hydrogens is 264 g/mol. The SMILES string of the molecule is C=CC1=Cc2ccc(OC3CCCCO3)cc2OC1(C)C. The second kappa shape index (κ2) is 5.57. The average molecular weight is 286 g/mol. The van der Waals surface area contributed by atoms with Crippen LogP contribution >= 0.6 is 0 Å². The molecule has 0 spiro atoms. The Balaban J connectivity index is 1.82. The van der Waals surface area contributed by atoms with Crippen molar-refractivity contribution in [2.24, 2.45) is 0 Å². The van der Waals surface area contributed by atoms with E-state index in [2.05, 4.69) is 12.7 Å². The maximum atomic E-state index is 6.09. The summed E-state index contributed by atoms with van der Waals surface area (Å²) in [4.78, 5) is 0. The highest BCUT2D eigenvalue weighted by Gasteiger charge is 2.29. The van der Waals surface area contributed by atoms with Crippen LogP contribution in [0, 0.1) is 0 Å². The minimum Gasteiger partial charge on any atom is -0.482 e. The molecule has 1 aromatic rings. The molecule has 0 N–H and O–H groups in total. The second-order valence-electron chi connectivity index (χ2n) is 6.03. The molecule has 1 aromatic carbocycles. The van der Waals surface area contributed by atoms with Crippen molar-refractivity contribution in [3.05, 3.63) is 42.0 Å². The maximum absolute atomic E-state index is 6.09. The van der Waals surface area contributed by atoms with Crippen LogP contribution in [0.2, 0.25) is 0 Å². The zero-order chi connectivity index (χ0) is 14.9. The Bertz CT molecular complexity index is 566. The standard InChI is InChI=1S/C18H22O3/c1-4-14-11-13-8-9-15(12-16(13)21-18(14,2)3)20-17-7-5-6-10-19-17/h4,8-9,11-12,17H,1,5-7,10H2,2-3H3. The predicted octanol–water partition coefficient (Wildman–Crippen LogP) is 4.33. The van der Waals surface area contributed by atoms with Gasteiger partial charge in [-0.15, -0.1) is 0 Å². The first-order chi connectivity index (χ1) is 10.1. The monoisotopic (exact) mass is 286 g/mol. The first-order valence-electron chi connectivity index (χ1n) is 7.54. The summed E-state index contributed by atoms with van der Waals surface area (Å²) in [5, 5.41) is 0. The van der Waals surface area contributed by atoms with Gasteiger partial charge in [-0.2, -0.15) is 0 Å². The lowest BCUT2D eigenvalue weighted by Crippen LogP contribution is -2.32. The van der Waals surface area contributed by atoms with Gasteiger partial charge in [-0.05, 0) is 50.5 Å². The van der Waals surface area contributed by atoms with Gasteiger partial charge in [0.25, 0.3) is 0 Å². The first-order valence-corrected chi connectivity index (χ1v) is 7.54. The van der Waals surface area contributed by atoms with Gasteiger partial charge >= 0.3 is 0 Å². The van der Waals surface area contributed by atoms with Crippen molar-refractivity contribution in [1.82, 2.24) is 0 Å². The van der Waals surface area contributed by atoms with E-state index in [9.17, 15) is 0 Å². The summed E-state index contributed by atoms with van der Waals surface area (Å²) < 4.78 is 17.6. The fourth-order valence-corrected chi connectivity index (χ4v) is 2.73. The number of ether oxygens (including phenoxy) is 3. The van der Waals surface area contributed by atoms with Gasteiger partial charge in [-0.3, -0.25) is 0 Å². The zero-order valence-corrected chi connectivity index (χ0v) is 12.7. The Hall–Kier alpha value is -1.74. The van der Waals surface area contributed by atoms with Gasteiger partial charge in [0.2, 0.25) is 0 Å². The lowest BCUT2D eigenvalue weighted by Gasteiger charge is -2.33. The molecule has 112 valence electrons. The highest BCUT2D eigenvalue weighted by atomic mass is 16.7. The zero-order valence-electron chi connectivity index (χ0n) is 12.7. The van der Waals surface area contributed by atoms with Crippen LogP contribution in [-0.4, -0.2) is 18.5 Å². The third-order valence-electron chi connectivity index (χ3n) is 3.98. The molecule has 1 unspecified atom stereocenters. The van der Waals surface area contributed by atoms with Crippen LogP contribution in [0.3, 0.4) is 0 Å². The summed E-state index contributed by atoms with van der Waals surface area (Å²) in [6.07, 6.45) is 7.06. The van der Waals surface area contributed by atoms with Gasteiger partial charge in [-0.1, -0.05) is 12.7 Å². The molecule has 0 aliphatic carbocycles. The Labute approximate surface area is 126 Å². The molecule has 2 aliphatic rings. The molecule has 3 rings (SSSR count). The van der Waals surface area contributed by atoms with Crippen LogP contribution in [0.5, 0.6) is 11.5 Å². The lowest BCUT2D eigenvalue weighted by molar-refractivity contribution is -0.106. The van der Waals surface area contributed by atoms with E-state index in [1.807, 2.05) is 38.1 Å². The van der Waals surface area contributed by atoms with Gasteiger partial charge < -0.3 is 14.2 Å². The van der Waals surface area contributed by atoms with Gasteiger partial charge in [0.1, 0.15) is 17.1 Å². The van der Waals surface area contributed by atoms with Crippen molar-refractivity contribution in [3.8, 4) is 11.5 Å². The quantitative estimate of drug-likeness (QED) is 0.827. The van der Waals surface area contributed by atoms with Gasteiger partial charge in [0.05, 0.1) is 6.61 Å². The fraction of sp³-hybridized carbons (Fsp3) is 0.444. The molecule has 0 saturated carbocycles. The number of hydrogen-bond acceptors (Lipinski definition) is 3. The van der Waals surface area contributed by atoms with Crippen LogP contribution < -0.4 is 9.47 Å². The van der Waals surface area contributed by atoms with Crippen LogP contribution in [0.25, 0.3) is 6.08 Å². The smallest absolute Gasteiger partial charge is 0.199 e. The molecule has 0 bridgehead atoms. The van der Waals surface area contributed by atoms with Crippen molar-refractivity contribution >= 4 is 6.08 Å². The minimum atomic E-state index is -0.366. The van der Waals surface area contributed by atoms with Crippen LogP contribution in [-0.2, 0) is 4.74 Å². The normalized spacial score (nSPS) is 23.5. The molecule has 1 saturated heterocycles. The van der Waals surface area contributed by atoms with E-state index in [4.69, 9.17) is 14.2 Å². The summed E-state index contributed by atoms with van der Waals surface area (Å²) in [7, 11) is 0. The molecule has 0 amide bonds. The second-order valence-corrected chi connectivity index (χ2v) is 6.03. The molecule has 0 radical (unpaired) electrons. The first kappa shape index (κ1) is 14.2. The number of benzene rings is 1. The Morgan fingerprint density at radius 2 is 2.19 bits per heavy atom. The lowest BCUT2D eigenvalue weighted by atomic mass is 9.92. The summed E-state index contributed by atoms with van der Waals surface area (Å²) in [5.41, 5.74) is 1.77. The van der Waals surface area contributed by atoms with E-state index < -0.39 is 0 Å². The molecule has 1 atom stereocenters. The molecule has 1 fully saturated rings.